The highest BCUT2D eigenvalue weighted by Gasteiger charge is 1.97. The fraction of sp³-hybridized carbons (Fsp3) is 0.385. The van der Waals surface area contributed by atoms with E-state index >= 15 is 0 Å². The maximum absolute atomic E-state index is 4.15. The Morgan fingerprint density at radius 3 is 2.53 bits per heavy atom. The number of aromatic nitrogens is 3. The Morgan fingerprint density at radius 2 is 1.82 bits per heavy atom. The lowest BCUT2D eigenvalue weighted by atomic mass is 10.2. The van der Waals surface area contributed by atoms with Gasteiger partial charge in [0, 0.05) is 44.3 Å². The maximum Gasteiger partial charge on any atom is 0.0492 e. The molecule has 0 aliphatic rings. The van der Waals surface area contributed by atoms with Crippen molar-refractivity contribution in [2.24, 2.45) is 7.05 Å². The summed E-state index contributed by atoms with van der Waals surface area (Å²) in [5, 5.41) is 7.58. The van der Waals surface area contributed by atoms with Crippen LogP contribution in [-0.4, -0.2) is 27.9 Å². The normalized spacial score (nSPS) is 10.6. The minimum atomic E-state index is 0.991. The Bertz CT molecular complexity index is 436. The van der Waals surface area contributed by atoms with Gasteiger partial charge in [0.2, 0.25) is 0 Å². The van der Waals surface area contributed by atoms with E-state index in [-0.39, 0.29) is 0 Å². The number of aryl methyl sites for hydroxylation is 1. The van der Waals surface area contributed by atoms with Gasteiger partial charge in [-0.15, -0.1) is 0 Å². The number of pyridine rings is 1. The second-order valence-electron chi connectivity index (χ2n) is 4.05. The molecule has 2 heterocycles. The molecule has 17 heavy (non-hydrogen) atoms. The van der Waals surface area contributed by atoms with E-state index in [0.717, 1.165) is 25.9 Å². The van der Waals surface area contributed by atoms with Crippen LogP contribution in [0.2, 0.25) is 0 Å². The first-order valence-electron chi connectivity index (χ1n) is 5.93. The summed E-state index contributed by atoms with van der Waals surface area (Å²) in [5.41, 5.74) is 2.59. The van der Waals surface area contributed by atoms with Crippen molar-refractivity contribution < 1.29 is 0 Å². The molecule has 0 fully saturated rings. The molecule has 0 unspecified atom stereocenters. The van der Waals surface area contributed by atoms with E-state index in [0.29, 0.717) is 0 Å². The minimum absolute atomic E-state index is 0.991. The molecular formula is C13H18N4. The van der Waals surface area contributed by atoms with E-state index in [4.69, 9.17) is 0 Å². The molecule has 0 spiro atoms. The van der Waals surface area contributed by atoms with Crippen molar-refractivity contribution in [3.05, 3.63) is 48.0 Å². The van der Waals surface area contributed by atoms with Gasteiger partial charge in [0.15, 0.2) is 0 Å². The molecule has 4 heteroatoms. The highest BCUT2D eigenvalue weighted by molar-refractivity contribution is 5.09. The summed E-state index contributed by atoms with van der Waals surface area (Å²) in [6.07, 6.45) is 7.59. The molecule has 0 saturated heterocycles. The number of nitrogens with one attached hydrogen (secondary N) is 1. The van der Waals surface area contributed by atoms with E-state index < -0.39 is 0 Å². The van der Waals surface area contributed by atoms with Crippen LogP contribution in [0.15, 0.2) is 36.8 Å². The second kappa shape index (κ2) is 6.15. The summed E-state index contributed by atoms with van der Waals surface area (Å²) >= 11 is 0. The summed E-state index contributed by atoms with van der Waals surface area (Å²) in [4.78, 5) is 4.00. The Balaban J connectivity index is 1.63. The highest BCUT2D eigenvalue weighted by atomic mass is 15.3. The molecule has 2 aromatic rings. The zero-order chi connectivity index (χ0) is 11.9. The van der Waals surface area contributed by atoms with Crippen LogP contribution >= 0.6 is 0 Å². The molecule has 0 aromatic carbocycles. The van der Waals surface area contributed by atoms with Crippen molar-refractivity contribution in [1.29, 1.82) is 0 Å². The van der Waals surface area contributed by atoms with Crippen LogP contribution in [0.4, 0.5) is 0 Å². The summed E-state index contributed by atoms with van der Waals surface area (Å²) < 4.78 is 1.92. The molecule has 1 N–H and O–H groups in total. The van der Waals surface area contributed by atoms with Gasteiger partial charge in [-0.1, -0.05) is 0 Å². The highest BCUT2D eigenvalue weighted by Crippen LogP contribution is 1.97. The zero-order valence-electron chi connectivity index (χ0n) is 10.1. The third-order valence-corrected chi connectivity index (χ3v) is 2.82. The Hall–Kier alpha value is -1.68. The van der Waals surface area contributed by atoms with Gasteiger partial charge in [-0.05, 0) is 36.7 Å². The number of hydrogen-bond donors (Lipinski definition) is 1. The van der Waals surface area contributed by atoms with Crippen LogP contribution in [0.3, 0.4) is 0 Å². The topological polar surface area (TPSA) is 42.7 Å². The van der Waals surface area contributed by atoms with Gasteiger partial charge >= 0.3 is 0 Å². The fourth-order valence-electron chi connectivity index (χ4n) is 1.77. The molecule has 0 atom stereocenters. The molecular weight excluding hydrogens is 212 g/mol. The van der Waals surface area contributed by atoms with Gasteiger partial charge in [-0.25, -0.2) is 0 Å². The predicted molar refractivity (Wildman–Crippen MR) is 67.7 cm³/mol. The predicted octanol–water partition coefficient (Wildman–Crippen LogP) is 1.19. The largest absolute Gasteiger partial charge is 0.316 e. The molecule has 0 aliphatic heterocycles. The van der Waals surface area contributed by atoms with E-state index in [9.17, 15) is 0 Å². The average Bonchev–Trinajstić information content (AvgIpc) is 2.76. The van der Waals surface area contributed by atoms with Crippen LogP contribution in [0.25, 0.3) is 0 Å². The molecule has 0 radical (unpaired) electrons. The summed E-state index contributed by atoms with van der Waals surface area (Å²) in [7, 11) is 1.98. The molecule has 0 saturated carbocycles. The lowest BCUT2D eigenvalue weighted by Crippen LogP contribution is -2.21. The molecule has 4 nitrogen and oxygen atoms in total. The molecule has 2 aromatic heterocycles. The van der Waals surface area contributed by atoms with Crippen molar-refractivity contribution in [3.8, 4) is 0 Å². The van der Waals surface area contributed by atoms with Gasteiger partial charge in [0.25, 0.3) is 0 Å². The minimum Gasteiger partial charge on any atom is -0.316 e. The van der Waals surface area contributed by atoms with Crippen molar-refractivity contribution in [1.82, 2.24) is 20.1 Å². The van der Waals surface area contributed by atoms with Crippen molar-refractivity contribution in [3.63, 3.8) is 0 Å². The van der Waals surface area contributed by atoms with Crippen molar-refractivity contribution in [2.75, 3.05) is 13.1 Å². The molecule has 0 aliphatic carbocycles. The Labute approximate surface area is 102 Å². The zero-order valence-corrected chi connectivity index (χ0v) is 10.1. The van der Waals surface area contributed by atoms with E-state index in [1.165, 1.54) is 11.3 Å². The first kappa shape index (κ1) is 11.8. The number of rotatable bonds is 6. The van der Waals surface area contributed by atoms with Crippen molar-refractivity contribution >= 4 is 0 Å². The van der Waals surface area contributed by atoms with Crippen molar-refractivity contribution in [2.45, 2.75) is 12.8 Å². The average molecular weight is 230 g/mol. The summed E-state index contributed by atoms with van der Waals surface area (Å²) in [6.45, 7) is 1.99. The Kier molecular flexibility index (Phi) is 4.27. The standard InChI is InChI=1S/C13H18N4/c1-17-13(6-11-16-17)5-10-15-9-4-12-2-7-14-8-3-12/h2-3,6-8,11,15H,4-5,9-10H2,1H3. The molecule has 2 rings (SSSR count). The quantitative estimate of drug-likeness (QED) is 0.758. The Morgan fingerprint density at radius 1 is 1.06 bits per heavy atom. The number of hydrogen-bond acceptors (Lipinski definition) is 3. The lowest BCUT2D eigenvalue weighted by molar-refractivity contribution is 0.642. The van der Waals surface area contributed by atoms with Crippen LogP contribution in [0, 0.1) is 0 Å². The molecule has 90 valence electrons. The lowest BCUT2D eigenvalue weighted by Gasteiger charge is -2.05. The molecule has 0 amide bonds. The fourth-order valence-corrected chi connectivity index (χ4v) is 1.77. The van der Waals surface area contributed by atoms with Crippen LogP contribution in [0.1, 0.15) is 11.3 Å². The molecule has 0 bridgehead atoms. The SMILES string of the molecule is Cn1nccc1CCNCCc1ccncc1. The van der Waals surface area contributed by atoms with Crippen LogP contribution in [0.5, 0.6) is 0 Å². The van der Waals surface area contributed by atoms with Gasteiger partial charge in [-0.3, -0.25) is 9.67 Å². The van der Waals surface area contributed by atoms with E-state index in [2.05, 4.69) is 33.6 Å². The first-order chi connectivity index (χ1) is 8.36. The van der Waals surface area contributed by atoms with Crippen LogP contribution in [-0.2, 0) is 19.9 Å². The van der Waals surface area contributed by atoms with E-state index in [1.54, 1.807) is 0 Å². The van der Waals surface area contributed by atoms with E-state index in [1.807, 2.05) is 30.3 Å². The van der Waals surface area contributed by atoms with Gasteiger partial charge in [0.05, 0.1) is 0 Å². The second-order valence-corrected chi connectivity index (χ2v) is 4.05. The maximum atomic E-state index is 4.15. The van der Waals surface area contributed by atoms with Gasteiger partial charge < -0.3 is 5.32 Å². The smallest absolute Gasteiger partial charge is 0.0492 e. The van der Waals surface area contributed by atoms with Crippen LogP contribution < -0.4 is 5.32 Å². The monoisotopic (exact) mass is 230 g/mol. The third kappa shape index (κ3) is 3.67. The third-order valence-electron chi connectivity index (χ3n) is 2.82. The van der Waals surface area contributed by atoms with Gasteiger partial charge in [0.1, 0.15) is 0 Å². The summed E-state index contributed by atoms with van der Waals surface area (Å²) in [5.74, 6) is 0. The van der Waals surface area contributed by atoms with Gasteiger partial charge in [-0.2, -0.15) is 5.10 Å². The summed E-state index contributed by atoms with van der Waals surface area (Å²) in [6, 6.07) is 6.18. The number of nitrogens with zero attached hydrogens (tertiary/aromatic N) is 3. The first-order valence-corrected chi connectivity index (χ1v) is 5.93.